The van der Waals surface area contributed by atoms with Gasteiger partial charge >= 0.3 is 0 Å². The van der Waals surface area contributed by atoms with Crippen LogP contribution in [0.4, 0.5) is 0 Å². The zero-order chi connectivity index (χ0) is 7.56. The van der Waals surface area contributed by atoms with Gasteiger partial charge in [-0.3, -0.25) is 0 Å². The van der Waals surface area contributed by atoms with Crippen LogP contribution in [0.2, 0.25) is 0 Å². The van der Waals surface area contributed by atoms with Gasteiger partial charge in [0.1, 0.15) is 0 Å². The summed E-state index contributed by atoms with van der Waals surface area (Å²) in [6.45, 7) is 3.23. The average molecular weight is 155 g/mol. The van der Waals surface area contributed by atoms with Gasteiger partial charge in [-0.25, -0.2) is 0 Å². The van der Waals surface area contributed by atoms with E-state index >= 15 is 0 Å². The summed E-state index contributed by atoms with van der Waals surface area (Å²) in [4.78, 5) is 3.63. The van der Waals surface area contributed by atoms with Gasteiger partial charge in [-0.15, -0.1) is 11.3 Å². The minimum absolute atomic E-state index is 1.06. The fraction of sp³-hybridized carbons (Fsp3) is 0.500. The monoisotopic (exact) mass is 155 g/mol. The third kappa shape index (κ3) is 1.82. The van der Waals surface area contributed by atoms with Gasteiger partial charge in [-0.2, -0.15) is 0 Å². The largest absolute Gasteiger partial charge is 0.305 e. The first kappa shape index (κ1) is 7.76. The third-order valence-electron chi connectivity index (χ3n) is 1.45. The Morgan fingerprint density at radius 2 is 2.20 bits per heavy atom. The Morgan fingerprint density at radius 1 is 1.50 bits per heavy atom. The second kappa shape index (κ2) is 3.17. The summed E-state index contributed by atoms with van der Waals surface area (Å²) in [6.07, 6.45) is 0. The molecule has 10 heavy (non-hydrogen) atoms. The maximum Gasteiger partial charge on any atom is 0.0238 e. The van der Waals surface area contributed by atoms with Crippen LogP contribution in [0, 0.1) is 6.92 Å². The molecule has 0 aliphatic rings. The SMILES string of the molecule is Cc1sccc1CN(C)C. The van der Waals surface area contributed by atoms with Crippen LogP contribution in [0.5, 0.6) is 0 Å². The predicted octanol–water partition coefficient (Wildman–Crippen LogP) is 2.12. The second-order valence-electron chi connectivity index (χ2n) is 2.74. The van der Waals surface area contributed by atoms with E-state index in [1.54, 1.807) is 0 Å². The Morgan fingerprint density at radius 3 is 2.60 bits per heavy atom. The standard InChI is InChI=1S/C8H13NS/c1-7-8(4-5-10-7)6-9(2)3/h4-5H,6H2,1-3H3. The number of hydrogen-bond acceptors (Lipinski definition) is 2. The maximum atomic E-state index is 2.19. The van der Waals surface area contributed by atoms with Crippen molar-refractivity contribution in [2.75, 3.05) is 14.1 Å². The molecule has 1 nitrogen and oxygen atoms in total. The summed E-state index contributed by atoms with van der Waals surface area (Å²) >= 11 is 1.82. The lowest BCUT2D eigenvalue weighted by molar-refractivity contribution is 0.402. The third-order valence-corrected chi connectivity index (χ3v) is 2.34. The van der Waals surface area contributed by atoms with E-state index in [0.29, 0.717) is 0 Å². The van der Waals surface area contributed by atoms with Crippen molar-refractivity contribution >= 4 is 11.3 Å². The van der Waals surface area contributed by atoms with E-state index in [0.717, 1.165) is 6.54 Å². The first-order valence-corrected chi connectivity index (χ1v) is 4.26. The van der Waals surface area contributed by atoms with Gasteiger partial charge < -0.3 is 4.90 Å². The average Bonchev–Trinajstić information content (AvgIpc) is 2.15. The van der Waals surface area contributed by atoms with E-state index in [4.69, 9.17) is 0 Å². The van der Waals surface area contributed by atoms with Crippen molar-refractivity contribution in [2.45, 2.75) is 13.5 Å². The van der Waals surface area contributed by atoms with Crippen molar-refractivity contribution in [3.63, 3.8) is 0 Å². The molecule has 0 aliphatic carbocycles. The number of hydrogen-bond donors (Lipinski definition) is 0. The molecule has 0 radical (unpaired) electrons. The lowest BCUT2D eigenvalue weighted by atomic mass is 10.2. The minimum Gasteiger partial charge on any atom is -0.305 e. The molecular formula is C8H13NS. The number of aryl methyl sites for hydroxylation is 1. The zero-order valence-corrected chi connectivity index (χ0v) is 7.53. The fourth-order valence-electron chi connectivity index (χ4n) is 0.916. The molecule has 1 aromatic rings. The summed E-state index contributed by atoms with van der Waals surface area (Å²) in [6, 6.07) is 2.19. The lowest BCUT2D eigenvalue weighted by Gasteiger charge is -2.07. The van der Waals surface area contributed by atoms with E-state index in [1.807, 2.05) is 11.3 Å². The van der Waals surface area contributed by atoms with Gasteiger partial charge in [0.25, 0.3) is 0 Å². The van der Waals surface area contributed by atoms with Crippen LogP contribution >= 0.6 is 11.3 Å². The van der Waals surface area contributed by atoms with Crippen molar-refractivity contribution in [1.29, 1.82) is 0 Å². The Labute approximate surface area is 66.3 Å². The highest BCUT2D eigenvalue weighted by Gasteiger charge is 1.98. The van der Waals surface area contributed by atoms with Crippen molar-refractivity contribution < 1.29 is 0 Å². The van der Waals surface area contributed by atoms with E-state index in [9.17, 15) is 0 Å². The molecule has 0 aromatic carbocycles. The Balaban J connectivity index is 2.65. The molecule has 0 saturated heterocycles. The van der Waals surface area contributed by atoms with Gasteiger partial charge in [-0.05, 0) is 38.0 Å². The first-order valence-electron chi connectivity index (χ1n) is 3.38. The molecule has 0 fully saturated rings. The zero-order valence-electron chi connectivity index (χ0n) is 6.72. The van der Waals surface area contributed by atoms with Crippen LogP contribution in [0.25, 0.3) is 0 Å². The van der Waals surface area contributed by atoms with Gasteiger partial charge in [0.05, 0.1) is 0 Å². The smallest absolute Gasteiger partial charge is 0.0238 e. The molecule has 0 unspecified atom stereocenters. The Hall–Kier alpha value is -0.340. The van der Waals surface area contributed by atoms with Crippen molar-refractivity contribution in [3.05, 3.63) is 21.9 Å². The highest BCUT2D eigenvalue weighted by molar-refractivity contribution is 7.10. The van der Waals surface area contributed by atoms with Crippen molar-refractivity contribution in [2.24, 2.45) is 0 Å². The van der Waals surface area contributed by atoms with Crippen LogP contribution in [0.1, 0.15) is 10.4 Å². The van der Waals surface area contributed by atoms with Crippen LogP contribution in [0.3, 0.4) is 0 Å². The van der Waals surface area contributed by atoms with Gasteiger partial charge in [0.15, 0.2) is 0 Å². The number of thiophene rings is 1. The van der Waals surface area contributed by atoms with E-state index in [2.05, 4.69) is 37.4 Å². The molecule has 2 heteroatoms. The molecule has 0 saturated carbocycles. The Bertz CT molecular complexity index is 203. The highest BCUT2D eigenvalue weighted by Crippen LogP contribution is 2.15. The molecule has 1 heterocycles. The van der Waals surface area contributed by atoms with E-state index in [1.165, 1.54) is 10.4 Å². The predicted molar refractivity (Wildman–Crippen MR) is 46.4 cm³/mol. The summed E-state index contributed by atoms with van der Waals surface area (Å²) < 4.78 is 0. The molecule has 0 atom stereocenters. The van der Waals surface area contributed by atoms with Crippen molar-refractivity contribution in [3.8, 4) is 0 Å². The minimum atomic E-state index is 1.06. The second-order valence-corrected chi connectivity index (χ2v) is 3.86. The van der Waals surface area contributed by atoms with Gasteiger partial charge in [0, 0.05) is 11.4 Å². The fourth-order valence-corrected chi connectivity index (χ4v) is 1.64. The molecule has 0 aliphatic heterocycles. The highest BCUT2D eigenvalue weighted by atomic mass is 32.1. The molecule has 0 amide bonds. The lowest BCUT2D eigenvalue weighted by Crippen LogP contribution is -2.10. The normalized spacial score (nSPS) is 10.8. The number of nitrogens with zero attached hydrogens (tertiary/aromatic N) is 1. The summed E-state index contributed by atoms with van der Waals surface area (Å²) in [5.74, 6) is 0. The van der Waals surface area contributed by atoms with Gasteiger partial charge in [0.2, 0.25) is 0 Å². The van der Waals surface area contributed by atoms with Crippen LogP contribution < -0.4 is 0 Å². The molecule has 1 aromatic heterocycles. The Kier molecular flexibility index (Phi) is 2.46. The van der Waals surface area contributed by atoms with Crippen molar-refractivity contribution in [1.82, 2.24) is 4.90 Å². The van der Waals surface area contributed by atoms with E-state index in [-0.39, 0.29) is 0 Å². The van der Waals surface area contributed by atoms with Gasteiger partial charge in [-0.1, -0.05) is 0 Å². The summed E-state index contributed by atoms with van der Waals surface area (Å²) in [5.41, 5.74) is 1.45. The molecule has 0 bridgehead atoms. The quantitative estimate of drug-likeness (QED) is 0.632. The van der Waals surface area contributed by atoms with Crippen LogP contribution in [0.15, 0.2) is 11.4 Å². The van der Waals surface area contributed by atoms with E-state index < -0.39 is 0 Å². The molecule has 0 N–H and O–H groups in total. The summed E-state index contributed by atoms with van der Waals surface area (Å²) in [5, 5.41) is 2.15. The van der Waals surface area contributed by atoms with Crippen LogP contribution in [-0.2, 0) is 6.54 Å². The topological polar surface area (TPSA) is 3.24 Å². The summed E-state index contributed by atoms with van der Waals surface area (Å²) in [7, 11) is 4.19. The van der Waals surface area contributed by atoms with Crippen LogP contribution in [-0.4, -0.2) is 19.0 Å². The molecule has 56 valence electrons. The molecule has 1 rings (SSSR count). The maximum absolute atomic E-state index is 2.19. The molecular weight excluding hydrogens is 142 g/mol. The first-order chi connectivity index (χ1) is 4.70. The molecule has 0 spiro atoms. The number of rotatable bonds is 2.